The van der Waals surface area contributed by atoms with E-state index in [0.717, 1.165) is 52.8 Å². The van der Waals surface area contributed by atoms with Gasteiger partial charge in [-0.1, -0.05) is 59.6 Å². The van der Waals surface area contributed by atoms with Crippen molar-refractivity contribution in [3.8, 4) is 39.5 Å². The quantitative estimate of drug-likeness (QED) is 0.125. The average molecular weight is 674 g/mol. The molecule has 9 nitrogen and oxygen atoms in total. The molecule has 6 rings (SSSR count). The average Bonchev–Trinajstić information content (AvgIpc) is 3.64. The first-order valence-electron chi connectivity index (χ1n) is 15.6. The van der Waals surface area contributed by atoms with Gasteiger partial charge in [0.15, 0.2) is 0 Å². The summed E-state index contributed by atoms with van der Waals surface area (Å²) in [6, 6.07) is 18.1. The summed E-state index contributed by atoms with van der Waals surface area (Å²) in [4.78, 5) is 21.0. The molecule has 1 aliphatic heterocycles. The third-order valence-corrected chi connectivity index (χ3v) is 9.31. The van der Waals surface area contributed by atoms with Crippen LogP contribution in [0, 0.1) is 0 Å². The fraction of sp³-hybridized carbons (Fsp3) is 0.306. The van der Waals surface area contributed by atoms with Gasteiger partial charge in [0.25, 0.3) is 0 Å². The second-order valence-corrected chi connectivity index (χ2v) is 12.4. The molecule has 3 aromatic heterocycles. The molecule has 244 valence electrons. The number of hydrogen-bond donors (Lipinski definition) is 3. The van der Waals surface area contributed by atoms with E-state index in [0.29, 0.717) is 53.4 Å². The Balaban J connectivity index is 1.25. The highest BCUT2D eigenvalue weighted by molar-refractivity contribution is 6.39. The number of benzene rings is 2. The number of halogens is 2. The van der Waals surface area contributed by atoms with Gasteiger partial charge in [-0.05, 0) is 30.2 Å². The predicted molar refractivity (Wildman–Crippen MR) is 188 cm³/mol. The van der Waals surface area contributed by atoms with Crippen LogP contribution in [0.3, 0.4) is 0 Å². The lowest BCUT2D eigenvalue weighted by Crippen LogP contribution is -2.35. The van der Waals surface area contributed by atoms with Crippen LogP contribution in [0.2, 0.25) is 10.0 Å². The summed E-state index contributed by atoms with van der Waals surface area (Å²) >= 11 is 14.2. The Morgan fingerprint density at radius 3 is 2.57 bits per heavy atom. The van der Waals surface area contributed by atoms with E-state index in [4.69, 9.17) is 37.7 Å². The van der Waals surface area contributed by atoms with Crippen molar-refractivity contribution in [2.75, 3.05) is 33.9 Å². The van der Waals surface area contributed by atoms with Gasteiger partial charge in [0.2, 0.25) is 11.8 Å². The molecular formula is C36H38Cl2N6O3. The highest BCUT2D eigenvalue weighted by Gasteiger charge is 2.21. The zero-order valence-corrected chi connectivity index (χ0v) is 28.2. The van der Waals surface area contributed by atoms with E-state index in [2.05, 4.69) is 49.9 Å². The summed E-state index contributed by atoms with van der Waals surface area (Å²) in [7, 11) is 5.36. The van der Waals surface area contributed by atoms with Crippen molar-refractivity contribution >= 4 is 40.0 Å². The van der Waals surface area contributed by atoms with E-state index in [1.807, 2.05) is 43.4 Å². The molecule has 1 amide bonds. The Morgan fingerprint density at radius 1 is 0.979 bits per heavy atom. The monoisotopic (exact) mass is 672 g/mol. The van der Waals surface area contributed by atoms with Crippen LogP contribution < -0.4 is 20.7 Å². The number of rotatable bonds is 13. The summed E-state index contributed by atoms with van der Waals surface area (Å²) in [5.41, 5.74) is 7.85. The lowest BCUT2D eigenvalue weighted by Gasteiger charge is -2.15. The highest BCUT2D eigenvalue weighted by Crippen LogP contribution is 2.42. The normalized spacial score (nSPS) is 14.6. The number of pyridine rings is 2. The van der Waals surface area contributed by atoms with Crippen molar-refractivity contribution in [1.29, 1.82) is 0 Å². The number of aryl methyl sites for hydroxylation is 1. The summed E-state index contributed by atoms with van der Waals surface area (Å²) in [5.74, 6) is 0.621. The lowest BCUT2D eigenvalue weighted by atomic mass is 9.99. The molecule has 0 spiro atoms. The van der Waals surface area contributed by atoms with Crippen LogP contribution in [0.5, 0.6) is 5.88 Å². The van der Waals surface area contributed by atoms with Crippen molar-refractivity contribution in [1.82, 2.24) is 30.5 Å². The number of nitrogens with one attached hydrogen (secondary N) is 3. The standard InChI is InChI=1S/C36H38Cl2N6O3/c1-44-21-24(19-39-15-16-46-2)26-10-7-22(17-31(26)44)35-34(38)28(13-14-41-35)27-5-4-6-29(33(27)37)30-11-8-23(36(43-30)47-3)18-40-20-25-9-12-32(45)42-25/h4-8,10-11,13-14,17,21,25,39-40H,9,12,15-16,18-20H2,1-3H3,(H,42,45)/t25-/m0/s1. The van der Waals surface area contributed by atoms with Crippen molar-refractivity contribution in [2.45, 2.75) is 32.0 Å². The van der Waals surface area contributed by atoms with Crippen LogP contribution in [-0.4, -0.2) is 60.4 Å². The maximum Gasteiger partial charge on any atom is 0.220 e. The molecule has 3 N–H and O–H groups in total. The molecule has 1 saturated heterocycles. The number of carbonyl (C=O) groups excluding carboxylic acids is 1. The molecule has 0 unspecified atom stereocenters. The van der Waals surface area contributed by atoms with Crippen LogP contribution in [0.15, 0.2) is 67.0 Å². The molecule has 2 aromatic carbocycles. The van der Waals surface area contributed by atoms with E-state index < -0.39 is 0 Å². The Bertz CT molecular complexity index is 1910. The van der Waals surface area contributed by atoms with Gasteiger partial charge in [0.1, 0.15) is 0 Å². The first-order valence-corrected chi connectivity index (χ1v) is 16.4. The smallest absolute Gasteiger partial charge is 0.220 e. The molecule has 5 aromatic rings. The van der Waals surface area contributed by atoms with E-state index >= 15 is 0 Å². The minimum Gasteiger partial charge on any atom is -0.481 e. The van der Waals surface area contributed by atoms with Crippen LogP contribution in [0.4, 0.5) is 0 Å². The lowest BCUT2D eigenvalue weighted by molar-refractivity contribution is -0.119. The van der Waals surface area contributed by atoms with Crippen molar-refractivity contribution < 1.29 is 14.3 Å². The van der Waals surface area contributed by atoms with Crippen LogP contribution in [-0.2, 0) is 29.7 Å². The number of fused-ring (bicyclic) bond motifs is 1. The van der Waals surface area contributed by atoms with E-state index in [1.54, 1.807) is 20.4 Å². The first kappa shape index (κ1) is 32.9. The van der Waals surface area contributed by atoms with Crippen LogP contribution >= 0.6 is 23.2 Å². The number of aromatic nitrogens is 3. The minimum atomic E-state index is 0.106. The topological polar surface area (TPSA) is 102 Å². The van der Waals surface area contributed by atoms with E-state index in [1.165, 1.54) is 10.9 Å². The van der Waals surface area contributed by atoms with Crippen LogP contribution in [0.25, 0.3) is 44.5 Å². The maximum atomic E-state index is 11.5. The van der Waals surface area contributed by atoms with E-state index in [9.17, 15) is 4.79 Å². The van der Waals surface area contributed by atoms with E-state index in [-0.39, 0.29) is 11.9 Å². The Labute approximate surface area is 284 Å². The highest BCUT2D eigenvalue weighted by atomic mass is 35.5. The van der Waals surface area contributed by atoms with Gasteiger partial charge in [-0.2, -0.15) is 0 Å². The Morgan fingerprint density at radius 2 is 1.79 bits per heavy atom. The predicted octanol–water partition coefficient (Wildman–Crippen LogP) is 6.39. The van der Waals surface area contributed by atoms with Crippen molar-refractivity contribution in [3.63, 3.8) is 0 Å². The Kier molecular flexibility index (Phi) is 10.4. The van der Waals surface area contributed by atoms with Gasteiger partial charge < -0.3 is 30.0 Å². The summed E-state index contributed by atoms with van der Waals surface area (Å²) in [6.45, 7) is 3.46. The number of nitrogens with zero attached hydrogens (tertiary/aromatic N) is 3. The number of hydrogen-bond acceptors (Lipinski definition) is 7. The van der Waals surface area contributed by atoms with Crippen molar-refractivity contribution in [2.24, 2.45) is 7.05 Å². The zero-order chi connectivity index (χ0) is 32.9. The molecule has 1 fully saturated rings. The van der Waals surface area contributed by atoms with Gasteiger partial charge in [0.05, 0.1) is 35.1 Å². The molecule has 0 aliphatic carbocycles. The van der Waals surface area contributed by atoms with Crippen molar-refractivity contribution in [3.05, 3.63) is 88.2 Å². The third kappa shape index (κ3) is 7.15. The number of ether oxygens (including phenoxy) is 2. The van der Waals surface area contributed by atoms with Gasteiger partial charge >= 0.3 is 0 Å². The molecular weight excluding hydrogens is 635 g/mol. The van der Waals surface area contributed by atoms with Gasteiger partial charge in [-0.15, -0.1) is 0 Å². The summed E-state index contributed by atoms with van der Waals surface area (Å²) < 4.78 is 12.9. The second kappa shape index (κ2) is 14.8. The molecule has 1 aliphatic rings. The SMILES string of the molecule is COCCNCc1cn(C)c2cc(-c3nccc(-c4cccc(-c5ccc(CNC[C@@H]6CCC(=O)N6)c(OC)n5)c4Cl)c3Cl)ccc12. The Hall–Kier alpha value is -3.99. The molecule has 47 heavy (non-hydrogen) atoms. The first-order chi connectivity index (χ1) is 22.9. The molecule has 4 heterocycles. The number of carbonyl (C=O) groups is 1. The summed E-state index contributed by atoms with van der Waals surface area (Å²) in [6.07, 6.45) is 5.33. The molecule has 1 atom stereocenters. The number of amides is 1. The fourth-order valence-electron chi connectivity index (χ4n) is 6.09. The minimum absolute atomic E-state index is 0.106. The van der Waals surface area contributed by atoms with Gasteiger partial charge in [0, 0.05) is 104 Å². The molecule has 0 bridgehead atoms. The maximum absolute atomic E-state index is 11.5. The molecule has 0 radical (unpaired) electrons. The van der Waals surface area contributed by atoms with Crippen LogP contribution in [0.1, 0.15) is 24.0 Å². The fourth-order valence-corrected chi connectivity index (χ4v) is 6.73. The van der Waals surface area contributed by atoms with Gasteiger partial charge in [-0.3, -0.25) is 9.78 Å². The zero-order valence-electron chi connectivity index (χ0n) is 26.7. The third-order valence-electron chi connectivity index (χ3n) is 8.52. The largest absolute Gasteiger partial charge is 0.481 e. The second-order valence-electron chi connectivity index (χ2n) is 11.7. The molecule has 11 heteroatoms. The molecule has 0 saturated carbocycles. The number of methoxy groups -OCH3 is 2. The van der Waals surface area contributed by atoms with Gasteiger partial charge in [-0.25, -0.2) is 4.98 Å². The summed E-state index contributed by atoms with van der Waals surface area (Å²) in [5, 5.41) is 12.0.